The van der Waals surface area contributed by atoms with Crippen molar-refractivity contribution < 1.29 is 27.4 Å². The van der Waals surface area contributed by atoms with Crippen molar-refractivity contribution in [3.63, 3.8) is 0 Å². The fourth-order valence-electron chi connectivity index (χ4n) is 4.59. The molecule has 12 heteroatoms. The Balaban J connectivity index is 1.15. The molecule has 3 aliphatic rings. The molecule has 11 nitrogen and oxygen atoms in total. The van der Waals surface area contributed by atoms with Crippen LogP contribution < -0.4 is 19.5 Å². The van der Waals surface area contributed by atoms with E-state index in [1.54, 1.807) is 24.4 Å². The van der Waals surface area contributed by atoms with Gasteiger partial charge in [0.25, 0.3) is 0 Å². The fraction of sp³-hybridized carbons (Fsp3) is 0.292. The summed E-state index contributed by atoms with van der Waals surface area (Å²) in [6.45, 7) is 0.626. The summed E-state index contributed by atoms with van der Waals surface area (Å²) in [6.07, 6.45) is 0.756. The van der Waals surface area contributed by atoms with Crippen molar-refractivity contribution in [2.75, 3.05) is 25.3 Å². The van der Waals surface area contributed by atoms with Gasteiger partial charge in [-0.25, -0.2) is 23.1 Å². The maximum absolute atomic E-state index is 12.9. The van der Waals surface area contributed by atoms with Crippen LogP contribution in [0.2, 0.25) is 0 Å². The van der Waals surface area contributed by atoms with Crippen molar-refractivity contribution in [1.82, 2.24) is 14.7 Å². The summed E-state index contributed by atoms with van der Waals surface area (Å²) in [7, 11) is -3.94. The minimum Gasteiger partial charge on any atom is -0.454 e. The van der Waals surface area contributed by atoms with Crippen LogP contribution in [0.4, 0.5) is 5.95 Å². The molecule has 3 aromatic rings. The Kier molecular flexibility index (Phi) is 5.69. The number of aromatic nitrogens is 2. The van der Waals surface area contributed by atoms with Crippen molar-refractivity contribution >= 4 is 16.0 Å². The van der Waals surface area contributed by atoms with Crippen molar-refractivity contribution in [3.05, 3.63) is 60.3 Å². The van der Waals surface area contributed by atoms with Gasteiger partial charge in [0.1, 0.15) is 18.3 Å². The number of ether oxygens (including phenoxy) is 4. The largest absolute Gasteiger partial charge is 0.454 e. The molecule has 6 rings (SSSR count). The number of anilines is 1. The van der Waals surface area contributed by atoms with Gasteiger partial charge >= 0.3 is 0 Å². The Morgan fingerprint density at radius 3 is 2.61 bits per heavy atom. The number of hydrogen-bond acceptors (Lipinski definition) is 10. The third-order valence-electron chi connectivity index (χ3n) is 6.30. The zero-order valence-corrected chi connectivity index (χ0v) is 19.6. The first-order chi connectivity index (χ1) is 17.5. The molecule has 4 heterocycles. The third-order valence-corrected chi connectivity index (χ3v) is 7.84. The van der Waals surface area contributed by atoms with Crippen molar-refractivity contribution in [3.8, 4) is 28.8 Å². The molecule has 2 fully saturated rings. The molecule has 0 amide bonds. The SMILES string of the molecule is N#Cc1ccccc1S(=O)(=O)NC1COC2C(Nc3nccc(-c4ccc5c(c4)OCO5)n3)COC12. The van der Waals surface area contributed by atoms with E-state index in [1.165, 1.54) is 12.1 Å². The smallest absolute Gasteiger partial charge is 0.242 e. The van der Waals surface area contributed by atoms with E-state index in [9.17, 15) is 13.7 Å². The zero-order valence-electron chi connectivity index (χ0n) is 18.8. The topological polar surface area (TPSA) is 145 Å². The molecule has 2 aromatic carbocycles. The molecule has 184 valence electrons. The first-order valence-corrected chi connectivity index (χ1v) is 12.7. The number of nitriles is 1. The number of benzene rings is 2. The molecule has 0 bridgehead atoms. The van der Waals surface area contributed by atoms with Gasteiger partial charge in [-0.3, -0.25) is 0 Å². The van der Waals surface area contributed by atoms with E-state index < -0.39 is 28.3 Å². The number of hydrogen-bond donors (Lipinski definition) is 2. The number of sulfonamides is 1. The van der Waals surface area contributed by atoms with Crippen molar-refractivity contribution in [1.29, 1.82) is 5.26 Å². The molecule has 2 saturated heterocycles. The minimum absolute atomic E-state index is 0.0719. The Morgan fingerprint density at radius 1 is 0.972 bits per heavy atom. The van der Waals surface area contributed by atoms with Crippen LogP contribution in [0.5, 0.6) is 11.5 Å². The number of rotatable bonds is 6. The van der Waals surface area contributed by atoms with Crippen LogP contribution in [0.15, 0.2) is 59.6 Å². The second-order valence-corrected chi connectivity index (χ2v) is 10.2. The lowest BCUT2D eigenvalue weighted by Crippen LogP contribution is -2.44. The molecule has 4 atom stereocenters. The molecule has 3 aliphatic heterocycles. The first-order valence-electron chi connectivity index (χ1n) is 11.3. The van der Waals surface area contributed by atoms with E-state index >= 15 is 0 Å². The van der Waals surface area contributed by atoms with Gasteiger partial charge in [0.2, 0.25) is 22.8 Å². The summed E-state index contributed by atoms with van der Waals surface area (Å²) in [6, 6.07) is 14.5. The van der Waals surface area contributed by atoms with E-state index in [2.05, 4.69) is 20.0 Å². The molecule has 4 unspecified atom stereocenters. The highest BCUT2D eigenvalue weighted by molar-refractivity contribution is 7.89. The summed E-state index contributed by atoms with van der Waals surface area (Å²) in [5.74, 6) is 1.76. The molecule has 2 N–H and O–H groups in total. The average molecular weight is 508 g/mol. The van der Waals surface area contributed by atoms with Crippen molar-refractivity contribution in [2.24, 2.45) is 0 Å². The molecular weight excluding hydrogens is 486 g/mol. The van der Waals surface area contributed by atoms with Gasteiger partial charge in [-0.05, 0) is 36.4 Å². The quantitative estimate of drug-likeness (QED) is 0.505. The third kappa shape index (κ3) is 4.12. The molecule has 36 heavy (non-hydrogen) atoms. The number of nitrogens with zero attached hydrogens (tertiary/aromatic N) is 3. The molecule has 0 saturated carbocycles. The van der Waals surface area contributed by atoms with Crippen LogP contribution in [0.25, 0.3) is 11.3 Å². The van der Waals surface area contributed by atoms with Crippen LogP contribution in [0.3, 0.4) is 0 Å². The average Bonchev–Trinajstić information content (AvgIpc) is 3.62. The predicted molar refractivity (Wildman–Crippen MR) is 126 cm³/mol. The Morgan fingerprint density at radius 2 is 1.75 bits per heavy atom. The van der Waals surface area contributed by atoms with Gasteiger partial charge in [0, 0.05) is 11.8 Å². The van der Waals surface area contributed by atoms with Gasteiger partial charge in [0.05, 0.1) is 41.5 Å². The summed E-state index contributed by atoms with van der Waals surface area (Å²) in [4.78, 5) is 8.86. The molecule has 1 aromatic heterocycles. The monoisotopic (exact) mass is 507 g/mol. The van der Waals surface area contributed by atoms with Gasteiger partial charge < -0.3 is 24.3 Å². The highest BCUT2D eigenvalue weighted by atomic mass is 32.2. The van der Waals surface area contributed by atoms with E-state index in [1.807, 2.05) is 24.3 Å². The molecule has 0 spiro atoms. The lowest BCUT2D eigenvalue weighted by atomic mass is 10.1. The van der Waals surface area contributed by atoms with E-state index in [4.69, 9.17) is 18.9 Å². The second-order valence-electron chi connectivity index (χ2n) is 8.52. The predicted octanol–water partition coefficient (Wildman–Crippen LogP) is 1.67. The normalized spacial score (nSPS) is 24.3. The number of fused-ring (bicyclic) bond motifs is 2. The highest BCUT2D eigenvalue weighted by Crippen LogP contribution is 2.36. The molecule has 0 aliphatic carbocycles. The second kappa shape index (κ2) is 9.03. The summed E-state index contributed by atoms with van der Waals surface area (Å²) in [5.41, 5.74) is 1.64. The Bertz CT molecular complexity index is 1460. The first kappa shape index (κ1) is 22.7. The van der Waals surface area contributed by atoms with E-state index in [0.717, 1.165) is 5.56 Å². The van der Waals surface area contributed by atoms with Gasteiger partial charge in [-0.2, -0.15) is 5.26 Å². The maximum Gasteiger partial charge on any atom is 0.242 e. The van der Waals surface area contributed by atoms with Crippen molar-refractivity contribution in [2.45, 2.75) is 29.2 Å². The Labute approximate surface area is 207 Å². The standard InChI is InChI=1S/C24H21N5O6S/c25-10-15-3-1-2-4-21(15)36(30,31)29-18-12-33-22-17(11-32-23(18)22)28-24-26-8-7-16(27-24)14-5-6-19-20(9-14)35-13-34-19/h1-9,17-18,22-23,29H,11-13H2,(H,26,27,28). The van der Waals surface area contributed by atoms with Crippen LogP contribution in [-0.4, -0.2) is 62.7 Å². The lowest BCUT2D eigenvalue weighted by molar-refractivity contribution is 0.0690. The van der Waals surface area contributed by atoms with Crippen LogP contribution in [-0.2, 0) is 19.5 Å². The molecular formula is C24H21N5O6S. The Hall–Kier alpha value is -3.76. The van der Waals surface area contributed by atoms with Crippen LogP contribution in [0.1, 0.15) is 5.56 Å². The van der Waals surface area contributed by atoms with E-state index in [0.29, 0.717) is 29.7 Å². The maximum atomic E-state index is 12.9. The van der Waals surface area contributed by atoms with Gasteiger partial charge in [0.15, 0.2) is 11.5 Å². The van der Waals surface area contributed by atoms with Crippen LogP contribution >= 0.6 is 0 Å². The highest BCUT2D eigenvalue weighted by Gasteiger charge is 2.49. The summed E-state index contributed by atoms with van der Waals surface area (Å²) < 4.78 is 51.2. The summed E-state index contributed by atoms with van der Waals surface area (Å²) >= 11 is 0. The van der Waals surface area contributed by atoms with Gasteiger partial charge in [-0.1, -0.05) is 12.1 Å². The summed E-state index contributed by atoms with van der Waals surface area (Å²) in [5, 5.41) is 12.5. The van der Waals surface area contributed by atoms with E-state index in [-0.39, 0.29) is 29.9 Å². The number of nitrogens with one attached hydrogen (secondary N) is 2. The lowest BCUT2D eigenvalue weighted by Gasteiger charge is -2.19. The fourth-order valence-corrected chi connectivity index (χ4v) is 5.98. The minimum atomic E-state index is -3.94. The zero-order chi connectivity index (χ0) is 24.7. The molecule has 0 radical (unpaired) electrons. The van der Waals surface area contributed by atoms with Gasteiger partial charge in [-0.15, -0.1) is 0 Å². The van der Waals surface area contributed by atoms with Crippen LogP contribution in [0, 0.1) is 11.3 Å².